The fourth-order valence-electron chi connectivity index (χ4n) is 2.74. The molecule has 0 saturated carbocycles. The monoisotopic (exact) mass is 313 g/mol. The van der Waals surface area contributed by atoms with Crippen molar-refractivity contribution < 1.29 is 4.79 Å². The molecular weight excluding hydrogens is 290 g/mol. The van der Waals surface area contributed by atoms with E-state index in [0.717, 1.165) is 6.42 Å². The summed E-state index contributed by atoms with van der Waals surface area (Å²) in [6, 6.07) is 6.34. The van der Waals surface area contributed by atoms with Crippen molar-refractivity contribution in [2.45, 2.75) is 34.1 Å². The Balaban J connectivity index is 2.10. The summed E-state index contributed by atoms with van der Waals surface area (Å²) in [6.45, 7) is 8.15. The van der Waals surface area contributed by atoms with Crippen molar-refractivity contribution in [3.8, 4) is 0 Å². The molecule has 0 spiro atoms. The highest BCUT2D eigenvalue weighted by atomic mass is 16.2. The van der Waals surface area contributed by atoms with Crippen LogP contribution in [0.15, 0.2) is 23.0 Å². The third-order valence-corrected chi connectivity index (χ3v) is 3.93. The molecular formula is C18H23N3O2. The summed E-state index contributed by atoms with van der Waals surface area (Å²) in [5.74, 6) is -0.335. The zero-order valence-electron chi connectivity index (χ0n) is 14.4. The molecule has 0 fully saturated rings. The van der Waals surface area contributed by atoms with Gasteiger partial charge in [-0.1, -0.05) is 29.3 Å². The van der Waals surface area contributed by atoms with E-state index in [-0.39, 0.29) is 17.0 Å². The average molecular weight is 313 g/mol. The molecule has 122 valence electrons. The lowest BCUT2D eigenvalue weighted by Crippen LogP contribution is -2.35. The molecule has 23 heavy (non-hydrogen) atoms. The van der Waals surface area contributed by atoms with Crippen molar-refractivity contribution in [1.82, 2.24) is 15.1 Å². The van der Waals surface area contributed by atoms with Gasteiger partial charge >= 0.3 is 0 Å². The number of aromatic nitrogens is 2. The topological polar surface area (TPSA) is 64.0 Å². The van der Waals surface area contributed by atoms with Crippen LogP contribution in [-0.2, 0) is 13.5 Å². The van der Waals surface area contributed by atoms with Crippen LogP contribution in [-0.4, -0.2) is 22.2 Å². The van der Waals surface area contributed by atoms with E-state index in [1.54, 1.807) is 20.9 Å². The maximum absolute atomic E-state index is 12.4. The number of carbonyl (C=O) groups is 1. The molecule has 1 heterocycles. The van der Waals surface area contributed by atoms with Crippen LogP contribution in [0.1, 0.15) is 38.3 Å². The number of nitrogens with zero attached hydrogens (tertiary/aromatic N) is 2. The van der Waals surface area contributed by atoms with Crippen LogP contribution >= 0.6 is 0 Å². The molecule has 1 aromatic heterocycles. The van der Waals surface area contributed by atoms with Crippen molar-refractivity contribution in [2.75, 3.05) is 6.54 Å². The van der Waals surface area contributed by atoms with Gasteiger partial charge < -0.3 is 5.32 Å². The third-order valence-electron chi connectivity index (χ3n) is 3.93. The maximum Gasteiger partial charge on any atom is 0.279 e. The lowest BCUT2D eigenvalue weighted by Gasteiger charge is -2.11. The summed E-state index contributed by atoms with van der Waals surface area (Å²) >= 11 is 0. The molecule has 0 aliphatic heterocycles. The van der Waals surface area contributed by atoms with E-state index in [4.69, 9.17) is 0 Å². The SMILES string of the molecule is Cc1cc(C)cc(CCNC(=O)c2c(C)c(C)nn(C)c2=O)c1. The van der Waals surface area contributed by atoms with Crippen LogP contribution < -0.4 is 10.9 Å². The first-order valence-corrected chi connectivity index (χ1v) is 7.69. The van der Waals surface area contributed by atoms with Gasteiger partial charge in [0, 0.05) is 13.6 Å². The Morgan fingerprint density at radius 1 is 1.13 bits per heavy atom. The summed E-state index contributed by atoms with van der Waals surface area (Å²) in [4.78, 5) is 24.5. The van der Waals surface area contributed by atoms with Crippen molar-refractivity contribution in [3.63, 3.8) is 0 Å². The number of rotatable bonds is 4. The number of amides is 1. The zero-order valence-corrected chi connectivity index (χ0v) is 14.4. The van der Waals surface area contributed by atoms with Gasteiger partial charge in [-0.05, 0) is 45.2 Å². The Morgan fingerprint density at radius 2 is 1.74 bits per heavy atom. The van der Waals surface area contributed by atoms with E-state index in [9.17, 15) is 9.59 Å². The predicted octanol–water partition coefficient (Wildman–Crippen LogP) is 1.99. The van der Waals surface area contributed by atoms with Gasteiger partial charge in [-0.15, -0.1) is 0 Å². The van der Waals surface area contributed by atoms with E-state index >= 15 is 0 Å². The molecule has 2 rings (SSSR count). The predicted molar refractivity (Wildman–Crippen MR) is 90.9 cm³/mol. The maximum atomic E-state index is 12.4. The van der Waals surface area contributed by atoms with Gasteiger partial charge in [0.05, 0.1) is 5.69 Å². The second-order valence-corrected chi connectivity index (χ2v) is 6.02. The molecule has 2 aromatic rings. The van der Waals surface area contributed by atoms with E-state index in [2.05, 4.69) is 42.5 Å². The Kier molecular flexibility index (Phi) is 4.98. The average Bonchev–Trinajstić information content (AvgIpc) is 2.44. The Bertz CT molecular complexity index is 786. The number of hydrogen-bond donors (Lipinski definition) is 1. The van der Waals surface area contributed by atoms with Crippen LogP contribution in [0.25, 0.3) is 0 Å². The van der Waals surface area contributed by atoms with E-state index in [1.807, 2.05) is 0 Å². The van der Waals surface area contributed by atoms with Gasteiger partial charge in [0.2, 0.25) is 0 Å². The summed E-state index contributed by atoms with van der Waals surface area (Å²) in [7, 11) is 1.56. The fourth-order valence-corrected chi connectivity index (χ4v) is 2.74. The van der Waals surface area contributed by atoms with Crippen LogP contribution in [0.5, 0.6) is 0 Å². The molecule has 1 N–H and O–H groups in total. The molecule has 0 saturated heterocycles. The van der Waals surface area contributed by atoms with Gasteiger partial charge in [0.15, 0.2) is 0 Å². The minimum atomic E-state index is -0.364. The highest BCUT2D eigenvalue weighted by molar-refractivity contribution is 5.95. The standard InChI is InChI=1S/C18H23N3O2/c1-11-8-12(2)10-15(9-11)6-7-19-17(22)16-13(3)14(4)20-21(5)18(16)23/h8-10H,6-7H2,1-5H3,(H,19,22). The highest BCUT2D eigenvalue weighted by Gasteiger charge is 2.17. The highest BCUT2D eigenvalue weighted by Crippen LogP contribution is 2.09. The molecule has 0 radical (unpaired) electrons. The van der Waals surface area contributed by atoms with Crippen molar-refractivity contribution in [1.29, 1.82) is 0 Å². The summed E-state index contributed by atoms with van der Waals surface area (Å²) in [5.41, 5.74) is 4.74. The number of aryl methyl sites for hydroxylation is 4. The summed E-state index contributed by atoms with van der Waals surface area (Å²) in [6.07, 6.45) is 0.734. The number of nitrogens with one attached hydrogen (secondary N) is 1. The van der Waals surface area contributed by atoms with Gasteiger partial charge in [0.1, 0.15) is 5.56 Å². The normalized spacial score (nSPS) is 10.7. The Labute approximate surface area is 136 Å². The van der Waals surface area contributed by atoms with Crippen molar-refractivity contribution in [3.05, 3.63) is 62.1 Å². The molecule has 0 unspecified atom stereocenters. The number of carbonyl (C=O) groups excluding carboxylic acids is 1. The Hall–Kier alpha value is -2.43. The van der Waals surface area contributed by atoms with E-state index < -0.39 is 0 Å². The zero-order chi connectivity index (χ0) is 17.1. The third kappa shape index (κ3) is 3.86. The van der Waals surface area contributed by atoms with Gasteiger partial charge in [-0.25, -0.2) is 4.68 Å². The van der Waals surface area contributed by atoms with Crippen LogP contribution in [0, 0.1) is 27.7 Å². The van der Waals surface area contributed by atoms with Gasteiger partial charge in [0.25, 0.3) is 11.5 Å². The second kappa shape index (κ2) is 6.77. The van der Waals surface area contributed by atoms with Gasteiger partial charge in [-0.3, -0.25) is 9.59 Å². The van der Waals surface area contributed by atoms with E-state index in [1.165, 1.54) is 21.4 Å². The number of hydrogen-bond acceptors (Lipinski definition) is 3. The summed E-state index contributed by atoms with van der Waals surface area (Å²) in [5, 5.41) is 6.93. The molecule has 0 bridgehead atoms. The minimum Gasteiger partial charge on any atom is -0.352 e. The molecule has 0 atom stereocenters. The first-order chi connectivity index (χ1) is 10.8. The summed E-state index contributed by atoms with van der Waals surface area (Å²) < 4.78 is 1.21. The van der Waals surface area contributed by atoms with Crippen LogP contribution in [0.2, 0.25) is 0 Å². The largest absolute Gasteiger partial charge is 0.352 e. The van der Waals surface area contributed by atoms with E-state index in [0.29, 0.717) is 17.8 Å². The molecule has 5 heteroatoms. The first kappa shape index (κ1) is 16.9. The van der Waals surface area contributed by atoms with Gasteiger partial charge in [-0.2, -0.15) is 5.10 Å². The van der Waals surface area contributed by atoms with Crippen LogP contribution in [0.4, 0.5) is 0 Å². The molecule has 1 aromatic carbocycles. The lowest BCUT2D eigenvalue weighted by atomic mass is 10.0. The first-order valence-electron chi connectivity index (χ1n) is 7.69. The molecule has 0 aliphatic carbocycles. The lowest BCUT2D eigenvalue weighted by molar-refractivity contribution is 0.0951. The molecule has 0 aliphatic rings. The molecule has 1 amide bonds. The molecule has 5 nitrogen and oxygen atoms in total. The van der Waals surface area contributed by atoms with Crippen LogP contribution in [0.3, 0.4) is 0 Å². The smallest absolute Gasteiger partial charge is 0.279 e. The fraction of sp³-hybridized carbons (Fsp3) is 0.389. The quantitative estimate of drug-likeness (QED) is 0.939. The van der Waals surface area contributed by atoms with Crippen molar-refractivity contribution in [2.24, 2.45) is 7.05 Å². The van der Waals surface area contributed by atoms with Crippen molar-refractivity contribution >= 4 is 5.91 Å². The Morgan fingerprint density at radius 3 is 2.35 bits per heavy atom. The second-order valence-electron chi connectivity index (χ2n) is 6.02. The minimum absolute atomic E-state index is 0.181. The number of benzene rings is 1.